The standard InChI is InChI=1S/C17H20N2O3S/c1-2-14-8-6-7-11-16(14)19-17(20)12-13-18-23(21,22)15-9-4-3-5-10-15/h3-11,18H,2,12-13H2,1H3,(H,19,20). The van der Waals surface area contributed by atoms with Crippen LogP contribution in [0.5, 0.6) is 0 Å². The van der Waals surface area contributed by atoms with Gasteiger partial charge in [0.15, 0.2) is 0 Å². The third-order valence-electron chi connectivity index (χ3n) is 3.37. The van der Waals surface area contributed by atoms with Crippen molar-refractivity contribution in [2.24, 2.45) is 0 Å². The van der Waals surface area contributed by atoms with Crippen LogP contribution in [0.4, 0.5) is 5.69 Å². The maximum atomic E-state index is 12.0. The molecule has 2 rings (SSSR count). The number of carbonyl (C=O) groups excluding carboxylic acids is 1. The first-order valence-electron chi connectivity index (χ1n) is 7.45. The maximum absolute atomic E-state index is 12.0. The molecule has 0 aliphatic carbocycles. The molecule has 6 heteroatoms. The van der Waals surface area contributed by atoms with Crippen molar-refractivity contribution in [1.82, 2.24) is 4.72 Å². The largest absolute Gasteiger partial charge is 0.326 e. The summed E-state index contributed by atoms with van der Waals surface area (Å²) in [6.07, 6.45) is 0.890. The molecule has 23 heavy (non-hydrogen) atoms. The molecule has 1 amide bonds. The van der Waals surface area contributed by atoms with E-state index in [0.717, 1.165) is 17.7 Å². The van der Waals surface area contributed by atoms with Gasteiger partial charge in [0.1, 0.15) is 0 Å². The molecule has 0 bridgehead atoms. The van der Waals surface area contributed by atoms with Crippen molar-refractivity contribution in [3.8, 4) is 0 Å². The molecule has 0 radical (unpaired) electrons. The fourth-order valence-corrected chi connectivity index (χ4v) is 3.20. The van der Waals surface area contributed by atoms with Gasteiger partial charge < -0.3 is 5.32 Å². The summed E-state index contributed by atoms with van der Waals surface area (Å²) < 4.78 is 26.5. The molecule has 0 unspecified atom stereocenters. The quantitative estimate of drug-likeness (QED) is 0.818. The van der Waals surface area contributed by atoms with Gasteiger partial charge in [0.2, 0.25) is 15.9 Å². The van der Waals surface area contributed by atoms with E-state index < -0.39 is 10.0 Å². The van der Waals surface area contributed by atoms with E-state index >= 15 is 0 Å². The predicted octanol–water partition coefficient (Wildman–Crippen LogP) is 2.56. The van der Waals surface area contributed by atoms with Crippen LogP contribution >= 0.6 is 0 Å². The molecule has 0 saturated heterocycles. The van der Waals surface area contributed by atoms with Crippen LogP contribution in [0.2, 0.25) is 0 Å². The summed E-state index contributed by atoms with van der Waals surface area (Å²) in [6, 6.07) is 15.7. The van der Waals surface area contributed by atoms with Crippen LogP contribution in [0.15, 0.2) is 59.5 Å². The molecular weight excluding hydrogens is 312 g/mol. The predicted molar refractivity (Wildman–Crippen MR) is 90.7 cm³/mol. The zero-order chi connectivity index (χ0) is 16.7. The topological polar surface area (TPSA) is 75.3 Å². The van der Waals surface area contributed by atoms with E-state index in [2.05, 4.69) is 10.0 Å². The molecule has 2 aromatic rings. The zero-order valence-corrected chi connectivity index (χ0v) is 13.8. The van der Waals surface area contributed by atoms with Crippen molar-refractivity contribution in [2.45, 2.75) is 24.7 Å². The summed E-state index contributed by atoms with van der Waals surface area (Å²) in [6.45, 7) is 2.07. The summed E-state index contributed by atoms with van der Waals surface area (Å²) >= 11 is 0. The summed E-state index contributed by atoms with van der Waals surface area (Å²) in [7, 11) is -3.57. The van der Waals surface area contributed by atoms with Crippen molar-refractivity contribution >= 4 is 21.6 Å². The highest BCUT2D eigenvalue weighted by Crippen LogP contribution is 2.15. The first kappa shape index (κ1) is 17.2. The molecule has 0 aliphatic heterocycles. The van der Waals surface area contributed by atoms with Crippen LogP contribution in [0, 0.1) is 0 Å². The molecule has 0 spiro atoms. The number of aryl methyl sites for hydroxylation is 1. The lowest BCUT2D eigenvalue weighted by molar-refractivity contribution is -0.116. The first-order valence-corrected chi connectivity index (χ1v) is 8.93. The van der Waals surface area contributed by atoms with Crippen LogP contribution in [-0.2, 0) is 21.2 Å². The molecule has 0 atom stereocenters. The first-order chi connectivity index (χ1) is 11.0. The molecule has 2 aromatic carbocycles. The van der Waals surface area contributed by atoms with E-state index in [-0.39, 0.29) is 23.8 Å². The van der Waals surface area contributed by atoms with Crippen LogP contribution < -0.4 is 10.0 Å². The molecule has 0 aromatic heterocycles. The Morgan fingerprint density at radius 3 is 2.35 bits per heavy atom. The fraction of sp³-hybridized carbons (Fsp3) is 0.235. The highest BCUT2D eigenvalue weighted by Gasteiger charge is 2.13. The lowest BCUT2D eigenvalue weighted by Crippen LogP contribution is -2.28. The van der Waals surface area contributed by atoms with Gasteiger partial charge >= 0.3 is 0 Å². The van der Waals surface area contributed by atoms with E-state index in [1.54, 1.807) is 18.2 Å². The average Bonchev–Trinajstić information content (AvgIpc) is 2.56. The Morgan fingerprint density at radius 2 is 1.65 bits per heavy atom. The number of carbonyl (C=O) groups is 1. The third-order valence-corrected chi connectivity index (χ3v) is 4.85. The average molecular weight is 332 g/mol. The van der Waals surface area contributed by atoms with E-state index in [0.29, 0.717) is 0 Å². The van der Waals surface area contributed by atoms with E-state index in [1.807, 2.05) is 31.2 Å². The number of rotatable bonds is 7. The Bertz CT molecular complexity index is 758. The Labute approximate surface area is 136 Å². The minimum Gasteiger partial charge on any atom is -0.326 e. The summed E-state index contributed by atoms with van der Waals surface area (Å²) in [5.41, 5.74) is 1.82. The number of anilines is 1. The number of sulfonamides is 1. The van der Waals surface area contributed by atoms with Crippen molar-refractivity contribution in [3.05, 3.63) is 60.2 Å². The van der Waals surface area contributed by atoms with E-state index in [4.69, 9.17) is 0 Å². The number of hydrogen-bond donors (Lipinski definition) is 2. The van der Waals surface area contributed by atoms with Gasteiger partial charge in [-0.1, -0.05) is 43.3 Å². The van der Waals surface area contributed by atoms with Gasteiger partial charge in [0.25, 0.3) is 0 Å². The number of amides is 1. The number of nitrogens with one attached hydrogen (secondary N) is 2. The van der Waals surface area contributed by atoms with Crippen molar-refractivity contribution in [1.29, 1.82) is 0 Å². The van der Waals surface area contributed by atoms with Crippen molar-refractivity contribution < 1.29 is 13.2 Å². The third kappa shape index (κ3) is 4.91. The minimum absolute atomic E-state index is 0.0529. The molecule has 0 fully saturated rings. The van der Waals surface area contributed by atoms with Gasteiger partial charge in [0, 0.05) is 18.7 Å². The van der Waals surface area contributed by atoms with Gasteiger partial charge in [-0.2, -0.15) is 0 Å². The normalized spacial score (nSPS) is 11.2. The van der Waals surface area contributed by atoms with Crippen LogP contribution in [0.25, 0.3) is 0 Å². The van der Waals surface area contributed by atoms with Crippen LogP contribution in [-0.4, -0.2) is 20.9 Å². The Kier molecular flexibility index (Phi) is 5.90. The van der Waals surface area contributed by atoms with Gasteiger partial charge in [-0.3, -0.25) is 4.79 Å². The molecule has 0 saturated carbocycles. The van der Waals surface area contributed by atoms with Crippen LogP contribution in [0.3, 0.4) is 0 Å². The smallest absolute Gasteiger partial charge is 0.240 e. The van der Waals surface area contributed by atoms with Gasteiger partial charge in [-0.05, 0) is 30.2 Å². The minimum atomic E-state index is -3.57. The van der Waals surface area contributed by atoms with Gasteiger partial charge in [-0.15, -0.1) is 0 Å². The highest BCUT2D eigenvalue weighted by atomic mass is 32.2. The highest BCUT2D eigenvalue weighted by molar-refractivity contribution is 7.89. The van der Waals surface area contributed by atoms with Crippen molar-refractivity contribution in [3.63, 3.8) is 0 Å². The molecule has 0 heterocycles. The lowest BCUT2D eigenvalue weighted by Gasteiger charge is -2.10. The Balaban J connectivity index is 1.88. The SMILES string of the molecule is CCc1ccccc1NC(=O)CCNS(=O)(=O)c1ccccc1. The molecular formula is C17H20N2O3S. The fourth-order valence-electron chi connectivity index (χ4n) is 2.15. The van der Waals surface area contributed by atoms with Crippen molar-refractivity contribution in [2.75, 3.05) is 11.9 Å². The summed E-state index contributed by atoms with van der Waals surface area (Å²) in [4.78, 5) is 12.1. The molecule has 5 nitrogen and oxygen atoms in total. The molecule has 0 aliphatic rings. The summed E-state index contributed by atoms with van der Waals surface area (Å²) in [5.74, 6) is -0.221. The second-order valence-electron chi connectivity index (χ2n) is 5.02. The van der Waals surface area contributed by atoms with Gasteiger partial charge in [0.05, 0.1) is 4.90 Å². The lowest BCUT2D eigenvalue weighted by atomic mass is 10.1. The summed E-state index contributed by atoms with van der Waals surface area (Å²) in [5, 5.41) is 2.81. The maximum Gasteiger partial charge on any atom is 0.240 e. The molecule has 2 N–H and O–H groups in total. The second kappa shape index (κ2) is 7.89. The monoisotopic (exact) mass is 332 g/mol. The van der Waals surface area contributed by atoms with Crippen LogP contribution in [0.1, 0.15) is 18.9 Å². The Hall–Kier alpha value is -2.18. The van der Waals surface area contributed by atoms with E-state index in [9.17, 15) is 13.2 Å². The Morgan fingerprint density at radius 1 is 1.00 bits per heavy atom. The molecule has 122 valence electrons. The zero-order valence-electron chi connectivity index (χ0n) is 13.0. The van der Waals surface area contributed by atoms with Gasteiger partial charge in [-0.25, -0.2) is 13.1 Å². The second-order valence-corrected chi connectivity index (χ2v) is 6.79. The number of para-hydroxylation sites is 1. The number of hydrogen-bond acceptors (Lipinski definition) is 3. The van der Waals surface area contributed by atoms with E-state index in [1.165, 1.54) is 12.1 Å². The number of benzene rings is 2.